The van der Waals surface area contributed by atoms with Crippen molar-refractivity contribution >= 4 is 29.2 Å². The van der Waals surface area contributed by atoms with Gasteiger partial charge in [-0.1, -0.05) is 11.6 Å². The maximum Gasteiger partial charge on any atom is 0.335 e. The molecule has 5 nitrogen and oxygen atoms in total. The molecule has 20 heavy (non-hydrogen) atoms. The van der Waals surface area contributed by atoms with Crippen LogP contribution in [0.25, 0.3) is 0 Å². The number of rotatable bonds is 4. The lowest BCUT2D eigenvalue weighted by Gasteiger charge is -2.23. The molecule has 1 aliphatic rings. The highest BCUT2D eigenvalue weighted by Gasteiger charge is 2.20. The number of carboxylic acids is 1. The van der Waals surface area contributed by atoms with E-state index < -0.39 is 5.97 Å². The number of aromatic carboxylic acids is 1. The van der Waals surface area contributed by atoms with Gasteiger partial charge in [-0.2, -0.15) is 0 Å². The summed E-state index contributed by atoms with van der Waals surface area (Å²) in [6.07, 6.45) is 2.12. The van der Waals surface area contributed by atoms with Crippen LogP contribution in [0.3, 0.4) is 0 Å². The van der Waals surface area contributed by atoms with E-state index in [9.17, 15) is 9.59 Å². The maximum absolute atomic E-state index is 12.1. The molecule has 1 N–H and O–H groups in total. The van der Waals surface area contributed by atoms with Gasteiger partial charge in [0.2, 0.25) is 5.91 Å². The highest BCUT2D eigenvalue weighted by Crippen LogP contribution is 2.26. The summed E-state index contributed by atoms with van der Waals surface area (Å²) >= 11 is 6.08. The van der Waals surface area contributed by atoms with E-state index in [1.54, 1.807) is 18.0 Å². The monoisotopic (exact) mass is 296 g/mol. The molecule has 0 saturated carbocycles. The van der Waals surface area contributed by atoms with Crippen molar-refractivity contribution in [1.82, 2.24) is 4.90 Å². The van der Waals surface area contributed by atoms with E-state index in [2.05, 4.69) is 0 Å². The summed E-state index contributed by atoms with van der Waals surface area (Å²) in [7, 11) is 1.77. The van der Waals surface area contributed by atoms with E-state index in [4.69, 9.17) is 16.7 Å². The van der Waals surface area contributed by atoms with Gasteiger partial charge in [-0.25, -0.2) is 4.79 Å². The van der Waals surface area contributed by atoms with E-state index in [1.807, 2.05) is 4.90 Å². The van der Waals surface area contributed by atoms with Crippen LogP contribution in [0.5, 0.6) is 0 Å². The molecule has 1 aromatic rings. The van der Waals surface area contributed by atoms with Crippen molar-refractivity contribution in [3.63, 3.8) is 0 Å². The fourth-order valence-corrected chi connectivity index (χ4v) is 2.63. The Morgan fingerprint density at radius 1 is 1.35 bits per heavy atom. The Kier molecular flexibility index (Phi) is 4.49. The molecule has 1 amide bonds. The number of carbonyl (C=O) groups is 2. The van der Waals surface area contributed by atoms with Gasteiger partial charge in [-0.3, -0.25) is 4.79 Å². The first-order chi connectivity index (χ1) is 9.49. The smallest absolute Gasteiger partial charge is 0.335 e. The summed E-state index contributed by atoms with van der Waals surface area (Å²) in [6, 6.07) is 4.51. The van der Waals surface area contributed by atoms with E-state index in [0.717, 1.165) is 25.9 Å². The first kappa shape index (κ1) is 14.7. The number of likely N-dealkylation sites (N-methyl/N-ethyl adjacent to an activating group) is 1. The third-order valence-electron chi connectivity index (χ3n) is 3.44. The van der Waals surface area contributed by atoms with Gasteiger partial charge < -0.3 is 14.9 Å². The molecule has 108 valence electrons. The Morgan fingerprint density at radius 2 is 2.00 bits per heavy atom. The number of carbonyl (C=O) groups excluding carboxylic acids is 1. The second kappa shape index (κ2) is 6.13. The molecular weight excluding hydrogens is 280 g/mol. The van der Waals surface area contributed by atoms with Gasteiger partial charge in [0.15, 0.2) is 0 Å². The van der Waals surface area contributed by atoms with Crippen molar-refractivity contribution in [1.29, 1.82) is 0 Å². The summed E-state index contributed by atoms with van der Waals surface area (Å²) in [6.45, 7) is 1.88. The number of amides is 1. The fraction of sp³-hybridized carbons (Fsp3) is 0.429. The number of likely N-dealkylation sites (tertiary alicyclic amines) is 1. The molecule has 1 heterocycles. The molecule has 1 saturated heterocycles. The standard InChI is InChI=1S/C14H17ClN2O3/c1-16(9-13(18)17-6-2-3-7-17)12-5-4-10(14(19)20)8-11(12)15/h4-5,8H,2-3,6-7,9H2,1H3,(H,19,20). The Bertz CT molecular complexity index is 527. The zero-order chi connectivity index (χ0) is 14.7. The van der Waals surface area contributed by atoms with Crippen molar-refractivity contribution in [2.24, 2.45) is 0 Å². The molecular formula is C14H17ClN2O3. The lowest BCUT2D eigenvalue weighted by molar-refractivity contribution is -0.128. The number of nitrogens with zero attached hydrogens (tertiary/aromatic N) is 2. The van der Waals surface area contributed by atoms with Gasteiger partial charge in [-0.05, 0) is 31.0 Å². The first-order valence-electron chi connectivity index (χ1n) is 6.51. The molecule has 6 heteroatoms. The summed E-state index contributed by atoms with van der Waals surface area (Å²) in [5, 5.41) is 9.23. The predicted octanol–water partition coefficient (Wildman–Crippen LogP) is 2.10. The minimum Gasteiger partial charge on any atom is -0.478 e. The van der Waals surface area contributed by atoms with Crippen molar-refractivity contribution in [2.75, 3.05) is 31.6 Å². The highest BCUT2D eigenvalue weighted by atomic mass is 35.5. The fourth-order valence-electron chi connectivity index (χ4n) is 2.30. The van der Waals surface area contributed by atoms with Gasteiger partial charge in [0.05, 0.1) is 22.8 Å². The second-order valence-electron chi connectivity index (χ2n) is 4.92. The lowest BCUT2D eigenvalue weighted by atomic mass is 10.2. The van der Waals surface area contributed by atoms with E-state index in [0.29, 0.717) is 10.7 Å². The molecule has 1 fully saturated rings. The molecule has 0 unspecified atom stereocenters. The maximum atomic E-state index is 12.1. The summed E-state index contributed by atoms with van der Waals surface area (Å²) in [4.78, 5) is 26.5. The number of anilines is 1. The number of carboxylic acid groups (broad SMARTS) is 1. The number of benzene rings is 1. The molecule has 1 aromatic carbocycles. The average Bonchev–Trinajstić information content (AvgIpc) is 2.92. The zero-order valence-corrected chi connectivity index (χ0v) is 12.1. The van der Waals surface area contributed by atoms with Crippen LogP contribution in [0, 0.1) is 0 Å². The topological polar surface area (TPSA) is 60.9 Å². The molecule has 0 spiro atoms. The third-order valence-corrected chi connectivity index (χ3v) is 3.74. The van der Waals surface area contributed by atoms with Gasteiger partial charge >= 0.3 is 5.97 Å². The van der Waals surface area contributed by atoms with Gasteiger partial charge in [0, 0.05) is 20.1 Å². The van der Waals surface area contributed by atoms with Gasteiger partial charge in [0.25, 0.3) is 0 Å². The Balaban J connectivity index is 2.06. The van der Waals surface area contributed by atoms with Crippen molar-refractivity contribution in [3.8, 4) is 0 Å². The van der Waals surface area contributed by atoms with Gasteiger partial charge in [-0.15, -0.1) is 0 Å². The normalized spacial score (nSPS) is 14.4. The van der Waals surface area contributed by atoms with Crippen LogP contribution < -0.4 is 4.90 Å². The summed E-state index contributed by atoms with van der Waals surface area (Å²) < 4.78 is 0. The van der Waals surface area contributed by atoms with Crippen LogP contribution >= 0.6 is 11.6 Å². The third kappa shape index (κ3) is 3.22. The lowest BCUT2D eigenvalue weighted by Crippen LogP contribution is -2.37. The number of halogens is 1. The first-order valence-corrected chi connectivity index (χ1v) is 6.88. The summed E-state index contributed by atoms with van der Waals surface area (Å²) in [5.41, 5.74) is 0.794. The largest absolute Gasteiger partial charge is 0.478 e. The Hall–Kier alpha value is -1.75. The SMILES string of the molecule is CN(CC(=O)N1CCCC1)c1ccc(C(=O)O)cc1Cl. The van der Waals surface area contributed by atoms with Crippen molar-refractivity contribution in [2.45, 2.75) is 12.8 Å². The Morgan fingerprint density at radius 3 is 2.55 bits per heavy atom. The summed E-state index contributed by atoms with van der Waals surface area (Å²) in [5.74, 6) is -0.947. The molecule has 1 aliphatic heterocycles. The van der Waals surface area contributed by atoms with Crippen LogP contribution in [0.4, 0.5) is 5.69 Å². The molecule has 0 atom stereocenters. The average molecular weight is 297 g/mol. The predicted molar refractivity (Wildman–Crippen MR) is 77.5 cm³/mol. The van der Waals surface area contributed by atoms with E-state index >= 15 is 0 Å². The molecule has 0 bridgehead atoms. The molecule has 2 rings (SSSR count). The molecule has 0 aromatic heterocycles. The van der Waals surface area contributed by atoms with Crippen molar-refractivity contribution < 1.29 is 14.7 Å². The van der Waals surface area contributed by atoms with Crippen LogP contribution in [-0.4, -0.2) is 48.6 Å². The minimum absolute atomic E-state index is 0.0726. The molecule has 0 aliphatic carbocycles. The van der Waals surface area contributed by atoms with Gasteiger partial charge in [0.1, 0.15) is 0 Å². The number of hydrogen-bond acceptors (Lipinski definition) is 3. The van der Waals surface area contributed by atoms with E-state index in [1.165, 1.54) is 12.1 Å². The van der Waals surface area contributed by atoms with Crippen LogP contribution in [0.1, 0.15) is 23.2 Å². The Labute approximate surface area is 122 Å². The van der Waals surface area contributed by atoms with Crippen molar-refractivity contribution in [3.05, 3.63) is 28.8 Å². The minimum atomic E-state index is -1.02. The van der Waals surface area contributed by atoms with Crippen LogP contribution in [0.15, 0.2) is 18.2 Å². The second-order valence-corrected chi connectivity index (χ2v) is 5.32. The molecule has 0 radical (unpaired) electrons. The van der Waals surface area contributed by atoms with Crippen LogP contribution in [0.2, 0.25) is 5.02 Å². The number of hydrogen-bond donors (Lipinski definition) is 1. The van der Waals surface area contributed by atoms with Crippen LogP contribution in [-0.2, 0) is 4.79 Å². The highest BCUT2D eigenvalue weighted by molar-refractivity contribution is 6.33. The quantitative estimate of drug-likeness (QED) is 0.924. The zero-order valence-electron chi connectivity index (χ0n) is 11.3. The van der Waals surface area contributed by atoms with E-state index in [-0.39, 0.29) is 18.0 Å².